The summed E-state index contributed by atoms with van der Waals surface area (Å²) in [6.07, 6.45) is 2.07. The standard InChI is InChI=1S/C15H23N3O3S/c1-12(2)11-16-22(20,21)14-7-5-13(6-8-14)17-15(19)18-9-3-4-10-18/h5-8,12,16H,3-4,9-11H2,1-2H3,(H,17,19). The van der Waals surface area contributed by atoms with Crippen LogP contribution in [-0.2, 0) is 10.0 Å². The van der Waals surface area contributed by atoms with E-state index in [9.17, 15) is 13.2 Å². The molecule has 0 atom stereocenters. The third-order valence-electron chi connectivity index (χ3n) is 3.49. The Balaban J connectivity index is 1.99. The third kappa shape index (κ3) is 4.45. The van der Waals surface area contributed by atoms with Gasteiger partial charge in [0.25, 0.3) is 0 Å². The maximum Gasteiger partial charge on any atom is 0.321 e. The zero-order valence-electron chi connectivity index (χ0n) is 13.0. The number of sulfonamides is 1. The largest absolute Gasteiger partial charge is 0.325 e. The number of hydrogen-bond acceptors (Lipinski definition) is 3. The summed E-state index contributed by atoms with van der Waals surface area (Å²) in [6, 6.07) is 6.09. The number of carbonyl (C=O) groups excluding carboxylic acids is 1. The Morgan fingerprint density at radius 3 is 2.32 bits per heavy atom. The van der Waals surface area contributed by atoms with Gasteiger partial charge in [0, 0.05) is 25.3 Å². The Morgan fingerprint density at radius 1 is 1.18 bits per heavy atom. The van der Waals surface area contributed by atoms with Crippen molar-refractivity contribution in [1.82, 2.24) is 9.62 Å². The summed E-state index contributed by atoms with van der Waals surface area (Å²) in [4.78, 5) is 13.9. The second-order valence-electron chi connectivity index (χ2n) is 5.89. The van der Waals surface area contributed by atoms with E-state index in [0.29, 0.717) is 12.2 Å². The van der Waals surface area contributed by atoms with E-state index in [1.807, 2.05) is 13.8 Å². The van der Waals surface area contributed by atoms with Crippen LogP contribution in [0.2, 0.25) is 0 Å². The van der Waals surface area contributed by atoms with Crippen molar-refractivity contribution >= 4 is 21.7 Å². The average Bonchev–Trinajstić information content (AvgIpc) is 3.00. The van der Waals surface area contributed by atoms with Crippen LogP contribution >= 0.6 is 0 Å². The maximum absolute atomic E-state index is 12.1. The predicted molar refractivity (Wildman–Crippen MR) is 86.3 cm³/mol. The first-order valence-corrected chi connectivity index (χ1v) is 9.02. The van der Waals surface area contributed by atoms with Crippen molar-refractivity contribution in [2.45, 2.75) is 31.6 Å². The number of hydrogen-bond donors (Lipinski definition) is 2. The summed E-state index contributed by atoms with van der Waals surface area (Å²) in [5.74, 6) is 0.244. The van der Waals surface area contributed by atoms with Gasteiger partial charge in [0.15, 0.2) is 0 Å². The molecule has 1 aliphatic heterocycles. The fraction of sp³-hybridized carbons (Fsp3) is 0.533. The van der Waals surface area contributed by atoms with Crippen LogP contribution in [0.1, 0.15) is 26.7 Å². The molecule has 1 saturated heterocycles. The minimum atomic E-state index is -3.49. The van der Waals surface area contributed by atoms with Gasteiger partial charge in [-0.15, -0.1) is 0 Å². The molecule has 2 N–H and O–H groups in total. The lowest BCUT2D eigenvalue weighted by Crippen LogP contribution is -2.32. The molecule has 0 spiro atoms. The van der Waals surface area contributed by atoms with Crippen molar-refractivity contribution < 1.29 is 13.2 Å². The van der Waals surface area contributed by atoms with E-state index in [1.165, 1.54) is 12.1 Å². The summed E-state index contributed by atoms with van der Waals surface area (Å²) in [6.45, 7) is 5.84. The van der Waals surface area contributed by atoms with Gasteiger partial charge in [0.2, 0.25) is 10.0 Å². The lowest BCUT2D eigenvalue weighted by atomic mass is 10.2. The molecule has 0 unspecified atom stereocenters. The van der Waals surface area contributed by atoms with Gasteiger partial charge in [0.1, 0.15) is 0 Å². The summed E-state index contributed by atoms with van der Waals surface area (Å²) in [7, 11) is -3.49. The Hall–Kier alpha value is -1.60. The Labute approximate surface area is 131 Å². The van der Waals surface area contributed by atoms with Crippen LogP contribution in [-0.4, -0.2) is 39.0 Å². The van der Waals surface area contributed by atoms with Crippen LogP contribution < -0.4 is 10.0 Å². The Bertz CT molecular complexity index is 605. The van der Waals surface area contributed by atoms with Gasteiger partial charge in [-0.25, -0.2) is 17.9 Å². The highest BCUT2D eigenvalue weighted by molar-refractivity contribution is 7.89. The van der Waals surface area contributed by atoms with E-state index >= 15 is 0 Å². The smallest absolute Gasteiger partial charge is 0.321 e. The Morgan fingerprint density at radius 2 is 1.77 bits per heavy atom. The lowest BCUT2D eigenvalue weighted by molar-refractivity contribution is 0.222. The molecule has 122 valence electrons. The summed E-state index contributed by atoms with van der Waals surface area (Å²) in [5.41, 5.74) is 0.597. The molecule has 1 aliphatic rings. The molecule has 6 nitrogen and oxygen atoms in total. The number of anilines is 1. The first-order valence-electron chi connectivity index (χ1n) is 7.54. The van der Waals surface area contributed by atoms with Gasteiger partial charge in [-0.05, 0) is 43.0 Å². The molecule has 0 bridgehead atoms. The van der Waals surface area contributed by atoms with Crippen LogP contribution in [0.5, 0.6) is 0 Å². The highest BCUT2D eigenvalue weighted by Gasteiger charge is 2.18. The van der Waals surface area contributed by atoms with Crippen molar-refractivity contribution in [1.29, 1.82) is 0 Å². The minimum absolute atomic E-state index is 0.133. The first kappa shape index (κ1) is 16.8. The van der Waals surface area contributed by atoms with E-state index in [0.717, 1.165) is 25.9 Å². The second-order valence-corrected chi connectivity index (χ2v) is 7.66. The third-order valence-corrected chi connectivity index (χ3v) is 4.93. The van der Waals surface area contributed by atoms with E-state index in [2.05, 4.69) is 10.0 Å². The van der Waals surface area contributed by atoms with Crippen LogP contribution in [0, 0.1) is 5.92 Å². The number of urea groups is 1. The van der Waals surface area contributed by atoms with E-state index in [-0.39, 0.29) is 16.8 Å². The molecule has 1 aromatic rings. The zero-order valence-corrected chi connectivity index (χ0v) is 13.8. The predicted octanol–water partition coefficient (Wildman–Crippen LogP) is 2.25. The van der Waals surface area contributed by atoms with Gasteiger partial charge in [-0.2, -0.15) is 0 Å². The molecular weight excluding hydrogens is 302 g/mol. The van der Waals surface area contributed by atoms with Gasteiger partial charge < -0.3 is 10.2 Å². The number of nitrogens with zero attached hydrogens (tertiary/aromatic N) is 1. The normalized spacial score (nSPS) is 15.3. The van der Waals surface area contributed by atoms with E-state index in [4.69, 9.17) is 0 Å². The molecule has 0 aromatic heterocycles. The fourth-order valence-corrected chi connectivity index (χ4v) is 3.41. The number of amides is 2. The molecule has 7 heteroatoms. The molecule has 1 aromatic carbocycles. The molecular formula is C15H23N3O3S. The molecule has 1 heterocycles. The van der Waals surface area contributed by atoms with Gasteiger partial charge in [-0.3, -0.25) is 0 Å². The molecule has 2 rings (SSSR count). The summed E-state index contributed by atoms with van der Waals surface area (Å²) in [5, 5.41) is 2.78. The van der Waals surface area contributed by atoms with Crippen LogP contribution in [0.15, 0.2) is 29.2 Å². The number of benzene rings is 1. The second kappa shape index (κ2) is 7.11. The molecule has 22 heavy (non-hydrogen) atoms. The topological polar surface area (TPSA) is 78.5 Å². The van der Waals surface area contributed by atoms with E-state index in [1.54, 1.807) is 17.0 Å². The molecule has 0 radical (unpaired) electrons. The van der Waals surface area contributed by atoms with Gasteiger partial charge in [-0.1, -0.05) is 13.8 Å². The number of nitrogens with one attached hydrogen (secondary N) is 2. The molecule has 0 aliphatic carbocycles. The number of carbonyl (C=O) groups is 1. The van der Waals surface area contributed by atoms with Crippen molar-refractivity contribution in [3.05, 3.63) is 24.3 Å². The minimum Gasteiger partial charge on any atom is -0.325 e. The van der Waals surface area contributed by atoms with Gasteiger partial charge >= 0.3 is 6.03 Å². The molecule has 2 amide bonds. The zero-order chi connectivity index (χ0) is 16.2. The number of likely N-dealkylation sites (tertiary alicyclic amines) is 1. The first-order chi connectivity index (χ1) is 10.4. The Kier molecular flexibility index (Phi) is 5.42. The van der Waals surface area contributed by atoms with E-state index < -0.39 is 10.0 Å². The van der Waals surface area contributed by atoms with Crippen LogP contribution in [0.4, 0.5) is 10.5 Å². The summed E-state index contributed by atoms with van der Waals surface area (Å²) >= 11 is 0. The number of rotatable bonds is 5. The fourth-order valence-electron chi connectivity index (χ4n) is 2.20. The van der Waals surface area contributed by atoms with Crippen LogP contribution in [0.3, 0.4) is 0 Å². The van der Waals surface area contributed by atoms with Crippen LogP contribution in [0.25, 0.3) is 0 Å². The quantitative estimate of drug-likeness (QED) is 0.871. The average molecular weight is 325 g/mol. The summed E-state index contributed by atoms with van der Waals surface area (Å²) < 4.78 is 26.7. The SMILES string of the molecule is CC(C)CNS(=O)(=O)c1ccc(NC(=O)N2CCCC2)cc1. The molecule has 0 saturated carbocycles. The highest BCUT2D eigenvalue weighted by Crippen LogP contribution is 2.16. The van der Waals surface area contributed by atoms with Crippen molar-refractivity contribution in [2.24, 2.45) is 5.92 Å². The van der Waals surface area contributed by atoms with Gasteiger partial charge in [0.05, 0.1) is 4.90 Å². The van der Waals surface area contributed by atoms with Crippen molar-refractivity contribution in [3.8, 4) is 0 Å². The molecule has 1 fully saturated rings. The highest BCUT2D eigenvalue weighted by atomic mass is 32.2. The van der Waals surface area contributed by atoms with Crippen molar-refractivity contribution in [3.63, 3.8) is 0 Å². The lowest BCUT2D eigenvalue weighted by Gasteiger charge is -2.16. The maximum atomic E-state index is 12.1. The van der Waals surface area contributed by atoms with Crippen molar-refractivity contribution in [2.75, 3.05) is 25.0 Å². The monoisotopic (exact) mass is 325 g/mol.